The highest BCUT2D eigenvalue weighted by molar-refractivity contribution is 5.97. The van der Waals surface area contributed by atoms with Crippen molar-refractivity contribution in [2.45, 2.75) is 12.8 Å². The molecule has 1 aromatic carbocycles. The topological polar surface area (TPSA) is 55.6 Å². The second-order valence-electron chi connectivity index (χ2n) is 4.80. The highest BCUT2D eigenvalue weighted by atomic mass is 35.5. The van der Waals surface area contributed by atoms with Gasteiger partial charge in [0.05, 0.1) is 5.41 Å². The van der Waals surface area contributed by atoms with Gasteiger partial charge >= 0.3 is 0 Å². The molecule has 0 aromatic heterocycles. The van der Waals surface area contributed by atoms with Crippen molar-refractivity contribution < 1.29 is 9.53 Å². The Morgan fingerprint density at radius 1 is 1.32 bits per heavy atom. The number of amides is 1. The van der Waals surface area contributed by atoms with Gasteiger partial charge in [-0.25, -0.2) is 0 Å². The highest BCUT2D eigenvalue weighted by Crippen LogP contribution is 2.32. The summed E-state index contributed by atoms with van der Waals surface area (Å²) in [5.41, 5.74) is 6.30. The summed E-state index contributed by atoms with van der Waals surface area (Å²) in [5.74, 6) is 0.0968. The van der Waals surface area contributed by atoms with Crippen LogP contribution in [0, 0.1) is 5.41 Å². The monoisotopic (exact) mass is 284 g/mol. The molecule has 1 saturated heterocycles. The lowest BCUT2D eigenvalue weighted by atomic mass is 9.79. The minimum absolute atomic E-state index is 0. The van der Waals surface area contributed by atoms with Gasteiger partial charge in [0.25, 0.3) is 0 Å². The molecule has 2 N–H and O–H groups in total. The molecule has 19 heavy (non-hydrogen) atoms. The molecule has 106 valence electrons. The summed E-state index contributed by atoms with van der Waals surface area (Å²) in [7, 11) is 1.81. The summed E-state index contributed by atoms with van der Waals surface area (Å²) >= 11 is 0. The van der Waals surface area contributed by atoms with Crippen LogP contribution < -0.4 is 10.6 Å². The van der Waals surface area contributed by atoms with E-state index in [4.69, 9.17) is 10.5 Å². The summed E-state index contributed by atoms with van der Waals surface area (Å²) in [6, 6.07) is 9.66. The normalized spacial score (nSPS) is 17.4. The van der Waals surface area contributed by atoms with Crippen molar-refractivity contribution in [2.75, 3.05) is 31.7 Å². The second-order valence-corrected chi connectivity index (χ2v) is 4.80. The van der Waals surface area contributed by atoms with Crippen LogP contribution in [0.5, 0.6) is 0 Å². The van der Waals surface area contributed by atoms with E-state index in [0.29, 0.717) is 32.6 Å². The number of carbonyl (C=O) groups excluding carboxylic acids is 1. The van der Waals surface area contributed by atoms with Crippen LogP contribution in [0.1, 0.15) is 12.8 Å². The summed E-state index contributed by atoms with van der Waals surface area (Å²) < 4.78 is 5.34. The fourth-order valence-corrected chi connectivity index (χ4v) is 2.39. The molecular weight excluding hydrogens is 264 g/mol. The number of carbonyl (C=O) groups is 1. The maximum absolute atomic E-state index is 12.6. The number of hydrogen-bond acceptors (Lipinski definition) is 3. The van der Waals surface area contributed by atoms with E-state index in [2.05, 4.69) is 0 Å². The van der Waals surface area contributed by atoms with E-state index in [9.17, 15) is 4.79 Å². The van der Waals surface area contributed by atoms with Crippen LogP contribution >= 0.6 is 12.4 Å². The summed E-state index contributed by atoms with van der Waals surface area (Å²) in [6.45, 7) is 1.61. The molecule has 1 fully saturated rings. The van der Waals surface area contributed by atoms with Gasteiger partial charge in [0.1, 0.15) is 0 Å². The van der Waals surface area contributed by atoms with Gasteiger partial charge in [-0.1, -0.05) is 18.2 Å². The third kappa shape index (κ3) is 3.26. The number of rotatable bonds is 3. The molecule has 4 nitrogen and oxygen atoms in total. The molecule has 1 amide bonds. The van der Waals surface area contributed by atoms with Crippen LogP contribution in [-0.4, -0.2) is 32.7 Å². The lowest BCUT2D eigenvalue weighted by molar-refractivity contribution is -0.132. The lowest BCUT2D eigenvalue weighted by Gasteiger charge is -2.37. The molecule has 2 rings (SSSR count). The largest absolute Gasteiger partial charge is 0.381 e. The molecule has 1 aliphatic heterocycles. The molecule has 0 saturated carbocycles. The van der Waals surface area contributed by atoms with Gasteiger partial charge in [-0.15, -0.1) is 12.4 Å². The summed E-state index contributed by atoms with van der Waals surface area (Å²) in [5, 5.41) is 0. The Balaban J connectivity index is 0.00000180. The number of hydrogen-bond donors (Lipinski definition) is 1. The van der Waals surface area contributed by atoms with Gasteiger partial charge in [0, 0.05) is 32.5 Å². The number of halogens is 1. The van der Waals surface area contributed by atoms with Gasteiger partial charge in [-0.3, -0.25) is 4.79 Å². The average Bonchev–Trinajstić information content (AvgIpc) is 2.47. The predicted molar refractivity (Wildman–Crippen MR) is 78.6 cm³/mol. The summed E-state index contributed by atoms with van der Waals surface area (Å²) in [4.78, 5) is 14.3. The van der Waals surface area contributed by atoms with E-state index in [1.807, 2.05) is 37.4 Å². The quantitative estimate of drug-likeness (QED) is 0.921. The van der Waals surface area contributed by atoms with Crippen LogP contribution in [0.4, 0.5) is 5.69 Å². The molecule has 0 atom stereocenters. The van der Waals surface area contributed by atoms with Crippen LogP contribution in [-0.2, 0) is 9.53 Å². The third-order valence-corrected chi connectivity index (χ3v) is 3.74. The third-order valence-electron chi connectivity index (χ3n) is 3.74. The van der Waals surface area contributed by atoms with E-state index in [1.165, 1.54) is 0 Å². The molecule has 0 bridgehead atoms. The molecule has 0 unspecified atom stereocenters. The van der Waals surface area contributed by atoms with Crippen molar-refractivity contribution in [1.29, 1.82) is 0 Å². The van der Waals surface area contributed by atoms with Crippen LogP contribution in [0.25, 0.3) is 0 Å². The van der Waals surface area contributed by atoms with E-state index >= 15 is 0 Å². The van der Waals surface area contributed by atoms with Crippen molar-refractivity contribution in [2.24, 2.45) is 11.1 Å². The zero-order valence-corrected chi connectivity index (χ0v) is 12.0. The smallest absolute Gasteiger partial charge is 0.234 e. The first kappa shape index (κ1) is 16.0. The standard InChI is InChI=1S/C14H20N2O2.ClH/c1-16(12-5-3-2-4-6-12)13(17)14(11-15)7-9-18-10-8-14;/h2-6H,7-11,15H2,1H3;1H. The maximum Gasteiger partial charge on any atom is 0.234 e. The van der Waals surface area contributed by atoms with Crippen molar-refractivity contribution >= 4 is 24.0 Å². The fraction of sp³-hybridized carbons (Fsp3) is 0.500. The van der Waals surface area contributed by atoms with Crippen molar-refractivity contribution in [1.82, 2.24) is 0 Å². The minimum atomic E-state index is -0.456. The van der Waals surface area contributed by atoms with Gasteiger partial charge in [-0.2, -0.15) is 0 Å². The minimum Gasteiger partial charge on any atom is -0.381 e. The van der Waals surface area contributed by atoms with E-state index in [1.54, 1.807) is 4.90 Å². The van der Waals surface area contributed by atoms with Crippen molar-refractivity contribution in [3.05, 3.63) is 30.3 Å². The number of nitrogens with two attached hydrogens (primary N) is 1. The first-order valence-corrected chi connectivity index (χ1v) is 6.31. The molecule has 0 radical (unpaired) electrons. The molecule has 0 spiro atoms. The molecule has 0 aliphatic carbocycles. The number of ether oxygens (including phenoxy) is 1. The Morgan fingerprint density at radius 2 is 1.89 bits per heavy atom. The number of para-hydroxylation sites is 1. The van der Waals surface area contributed by atoms with Gasteiger partial charge in [-0.05, 0) is 25.0 Å². The molecule has 5 heteroatoms. The van der Waals surface area contributed by atoms with E-state index in [0.717, 1.165) is 5.69 Å². The zero-order chi connectivity index (χ0) is 13.0. The molecule has 1 aromatic rings. The predicted octanol–water partition coefficient (Wildman–Crippen LogP) is 1.83. The number of nitrogens with zero attached hydrogens (tertiary/aromatic N) is 1. The Hall–Kier alpha value is -1.10. The van der Waals surface area contributed by atoms with Crippen LogP contribution in [0.15, 0.2) is 30.3 Å². The Morgan fingerprint density at radius 3 is 2.42 bits per heavy atom. The van der Waals surface area contributed by atoms with Gasteiger partial charge < -0.3 is 15.4 Å². The Kier molecular flexibility index (Phi) is 5.79. The zero-order valence-electron chi connectivity index (χ0n) is 11.2. The lowest BCUT2D eigenvalue weighted by Crippen LogP contribution is -2.49. The second kappa shape index (κ2) is 6.89. The van der Waals surface area contributed by atoms with E-state index < -0.39 is 5.41 Å². The van der Waals surface area contributed by atoms with Crippen molar-refractivity contribution in [3.63, 3.8) is 0 Å². The average molecular weight is 285 g/mol. The fourth-order valence-electron chi connectivity index (χ4n) is 2.39. The first-order chi connectivity index (χ1) is 8.69. The maximum atomic E-state index is 12.6. The Bertz CT molecular complexity index is 405. The van der Waals surface area contributed by atoms with Crippen LogP contribution in [0.2, 0.25) is 0 Å². The molecule has 1 aliphatic rings. The first-order valence-electron chi connectivity index (χ1n) is 6.31. The van der Waals surface area contributed by atoms with Gasteiger partial charge in [0.15, 0.2) is 0 Å². The molecule has 1 heterocycles. The number of anilines is 1. The van der Waals surface area contributed by atoms with E-state index in [-0.39, 0.29) is 18.3 Å². The highest BCUT2D eigenvalue weighted by Gasteiger charge is 2.40. The Labute approximate surface area is 120 Å². The van der Waals surface area contributed by atoms with Crippen LogP contribution in [0.3, 0.4) is 0 Å². The van der Waals surface area contributed by atoms with Gasteiger partial charge in [0.2, 0.25) is 5.91 Å². The molecular formula is C14H21ClN2O2. The number of benzene rings is 1. The summed E-state index contributed by atoms with van der Waals surface area (Å²) in [6.07, 6.45) is 1.42. The SMILES string of the molecule is CN(C(=O)C1(CN)CCOCC1)c1ccccc1.Cl. The van der Waals surface area contributed by atoms with Crippen molar-refractivity contribution in [3.8, 4) is 0 Å².